The zero-order valence-electron chi connectivity index (χ0n) is 8.39. The lowest BCUT2D eigenvalue weighted by molar-refractivity contribution is 1.16. The summed E-state index contributed by atoms with van der Waals surface area (Å²) in [5.74, 6) is 0.638. The Morgan fingerprint density at radius 2 is 2.00 bits per heavy atom. The van der Waals surface area contributed by atoms with E-state index in [1.807, 2.05) is 23.6 Å². The Labute approximate surface area is 118 Å². The van der Waals surface area contributed by atoms with Gasteiger partial charge < -0.3 is 0 Å². The molecular weight excluding hydrogens is 366 g/mol. The first-order valence-corrected chi connectivity index (χ1v) is 7.24. The Hall–Kier alpha value is -0.850. The number of fused-ring (bicyclic) bond motifs is 1. The van der Waals surface area contributed by atoms with Crippen LogP contribution in [0, 0.1) is 0 Å². The van der Waals surface area contributed by atoms with Crippen LogP contribution >= 0.6 is 43.2 Å². The van der Waals surface area contributed by atoms with Crippen LogP contribution in [0.3, 0.4) is 0 Å². The maximum atomic E-state index is 4.51. The molecule has 0 bridgehead atoms. The fourth-order valence-corrected chi connectivity index (χ4v) is 4.03. The molecule has 84 valence electrons. The van der Waals surface area contributed by atoms with Crippen molar-refractivity contribution >= 4 is 53.4 Å². The van der Waals surface area contributed by atoms with E-state index in [-0.39, 0.29) is 0 Å². The van der Waals surface area contributed by atoms with E-state index in [1.54, 1.807) is 17.5 Å². The van der Waals surface area contributed by atoms with E-state index in [4.69, 9.17) is 0 Å². The van der Waals surface area contributed by atoms with Crippen molar-refractivity contribution in [2.24, 2.45) is 0 Å². The summed E-state index contributed by atoms with van der Waals surface area (Å²) >= 11 is 8.54. The van der Waals surface area contributed by atoms with Crippen LogP contribution in [0.1, 0.15) is 0 Å². The zero-order chi connectivity index (χ0) is 11.8. The van der Waals surface area contributed by atoms with E-state index in [9.17, 15) is 0 Å². The zero-order valence-corrected chi connectivity index (χ0v) is 12.4. The standard InChI is InChI=1S/C11H5Br2N3S/c12-6-5-17-11-8(6)9(13)15-10(16-11)7-3-1-2-4-14-7/h1-5H. The molecule has 0 aromatic carbocycles. The van der Waals surface area contributed by atoms with Crippen molar-refractivity contribution in [3.05, 3.63) is 38.9 Å². The molecular formula is C11H5Br2N3S. The highest BCUT2D eigenvalue weighted by Crippen LogP contribution is 2.34. The first-order valence-electron chi connectivity index (χ1n) is 4.77. The number of hydrogen-bond acceptors (Lipinski definition) is 4. The summed E-state index contributed by atoms with van der Waals surface area (Å²) in [6.45, 7) is 0. The highest BCUT2D eigenvalue weighted by atomic mass is 79.9. The monoisotopic (exact) mass is 369 g/mol. The first-order chi connectivity index (χ1) is 8.25. The summed E-state index contributed by atoms with van der Waals surface area (Å²) in [5.41, 5.74) is 0.777. The average molecular weight is 371 g/mol. The molecule has 0 N–H and O–H groups in total. The summed E-state index contributed by atoms with van der Waals surface area (Å²) in [7, 11) is 0. The molecule has 0 unspecified atom stereocenters. The van der Waals surface area contributed by atoms with Gasteiger partial charge in [0.15, 0.2) is 5.82 Å². The Morgan fingerprint density at radius 1 is 1.12 bits per heavy atom. The fourth-order valence-electron chi connectivity index (χ4n) is 1.48. The van der Waals surface area contributed by atoms with Crippen LogP contribution < -0.4 is 0 Å². The molecule has 0 amide bonds. The normalized spacial score (nSPS) is 10.9. The van der Waals surface area contributed by atoms with Crippen molar-refractivity contribution in [3.63, 3.8) is 0 Å². The molecule has 3 rings (SSSR count). The number of halogens is 2. The maximum absolute atomic E-state index is 4.51. The first kappa shape index (κ1) is 11.3. The molecule has 0 aliphatic heterocycles. The summed E-state index contributed by atoms with van der Waals surface area (Å²) < 4.78 is 1.80. The summed E-state index contributed by atoms with van der Waals surface area (Å²) in [6.07, 6.45) is 1.74. The van der Waals surface area contributed by atoms with Gasteiger partial charge in [0.1, 0.15) is 15.1 Å². The largest absolute Gasteiger partial charge is 0.253 e. The van der Waals surface area contributed by atoms with Gasteiger partial charge >= 0.3 is 0 Å². The summed E-state index contributed by atoms with van der Waals surface area (Å²) in [4.78, 5) is 14.1. The highest BCUT2D eigenvalue weighted by Gasteiger charge is 2.12. The fraction of sp³-hybridized carbons (Fsp3) is 0. The van der Waals surface area contributed by atoms with Crippen molar-refractivity contribution in [1.29, 1.82) is 0 Å². The molecule has 3 nitrogen and oxygen atoms in total. The number of pyridine rings is 1. The van der Waals surface area contributed by atoms with Crippen molar-refractivity contribution in [3.8, 4) is 11.5 Å². The predicted molar refractivity (Wildman–Crippen MR) is 76.0 cm³/mol. The highest BCUT2D eigenvalue weighted by molar-refractivity contribution is 9.11. The topological polar surface area (TPSA) is 38.7 Å². The molecule has 0 saturated carbocycles. The van der Waals surface area contributed by atoms with Gasteiger partial charge in [-0.2, -0.15) is 0 Å². The molecule has 0 aliphatic rings. The minimum atomic E-state index is 0.638. The smallest absolute Gasteiger partial charge is 0.180 e. The minimum absolute atomic E-state index is 0.638. The lowest BCUT2D eigenvalue weighted by Gasteiger charge is -2.01. The third kappa shape index (κ3) is 2.00. The number of nitrogens with zero attached hydrogens (tertiary/aromatic N) is 3. The van der Waals surface area contributed by atoms with E-state index in [0.29, 0.717) is 5.82 Å². The van der Waals surface area contributed by atoms with Crippen LogP contribution in [0.25, 0.3) is 21.7 Å². The van der Waals surface area contributed by atoms with E-state index in [1.165, 1.54) is 0 Å². The molecule has 0 saturated heterocycles. The molecule has 0 radical (unpaired) electrons. The van der Waals surface area contributed by atoms with Gasteiger partial charge in [0.25, 0.3) is 0 Å². The van der Waals surface area contributed by atoms with E-state index in [0.717, 1.165) is 25.0 Å². The average Bonchev–Trinajstić information content (AvgIpc) is 2.73. The van der Waals surface area contributed by atoms with Crippen molar-refractivity contribution in [1.82, 2.24) is 15.0 Å². The lowest BCUT2D eigenvalue weighted by Crippen LogP contribution is -1.91. The second kappa shape index (κ2) is 4.44. The van der Waals surface area contributed by atoms with Gasteiger partial charge in [0.2, 0.25) is 0 Å². The molecule has 0 atom stereocenters. The van der Waals surface area contributed by atoms with Gasteiger partial charge in [-0.05, 0) is 44.0 Å². The van der Waals surface area contributed by atoms with E-state index in [2.05, 4.69) is 46.8 Å². The van der Waals surface area contributed by atoms with E-state index >= 15 is 0 Å². The Bertz CT molecular complexity index is 682. The van der Waals surface area contributed by atoms with Gasteiger partial charge in [-0.25, -0.2) is 9.97 Å². The van der Waals surface area contributed by atoms with Crippen molar-refractivity contribution < 1.29 is 0 Å². The van der Waals surface area contributed by atoms with Gasteiger partial charge in [-0.3, -0.25) is 4.98 Å². The van der Waals surface area contributed by atoms with Crippen LogP contribution in [0.5, 0.6) is 0 Å². The quantitative estimate of drug-likeness (QED) is 0.600. The number of hydrogen-bond donors (Lipinski definition) is 0. The second-order valence-corrected chi connectivity index (χ2v) is 5.78. The lowest BCUT2D eigenvalue weighted by atomic mass is 10.3. The molecule has 17 heavy (non-hydrogen) atoms. The van der Waals surface area contributed by atoms with Crippen LogP contribution in [0.4, 0.5) is 0 Å². The minimum Gasteiger partial charge on any atom is -0.253 e. The third-order valence-electron chi connectivity index (χ3n) is 2.24. The van der Waals surface area contributed by atoms with Crippen LogP contribution in [-0.4, -0.2) is 15.0 Å². The van der Waals surface area contributed by atoms with Gasteiger partial charge in [-0.1, -0.05) is 6.07 Å². The summed E-state index contributed by atoms with van der Waals surface area (Å²) in [5, 5.41) is 3.02. The van der Waals surface area contributed by atoms with Gasteiger partial charge in [0, 0.05) is 16.0 Å². The molecule has 3 aromatic rings. The maximum Gasteiger partial charge on any atom is 0.180 e. The van der Waals surface area contributed by atoms with Crippen LogP contribution in [0.15, 0.2) is 38.9 Å². The van der Waals surface area contributed by atoms with E-state index < -0.39 is 0 Å². The Morgan fingerprint density at radius 3 is 2.76 bits per heavy atom. The SMILES string of the molecule is Brc1csc2nc(-c3ccccn3)nc(Br)c12. The summed E-state index contributed by atoms with van der Waals surface area (Å²) in [6, 6.07) is 5.70. The molecule has 6 heteroatoms. The van der Waals surface area contributed by atoms with Crippen molar-refractivity contribution in [2.75, 3.05) is 0 Å². The predicted octanol–water partition coefficient (Wildman–Crippen LogP) is 4.28. The van der Waals surface area contributed by atoms with Gasteiger partial charge in [-0.15, -0.1) is 11.3 Å². The van der Waals surface area contributed by atoms with Crippen LogP contribution in [-0.2, 0) is 0 Å². The molecule has 0 spiro atoms. The molecule has 3 heterocycles. The molecule has 3 aromatic heterocycles. The number of aromatic nitrogens is 3. The third-order valence-corrected chi connectivity index (χ3v) is 4.61. The molecule has 0 aliphatic carbocycles. The Kier molecular flexibility index (Phi) is 2.94. The van der Waals surface area contributed by atoms with Crippen molar-refractivity contribution in [2.45, 2.75) is 0 Å². The second-order valence-electron chi connectivity index (χ2n) is 3.32. The number of rotatable bonds is 1. The van der Waals surface area contributed by atoms with Gasteiger partial charge in [0.05, 0.1) is 5.39 Å². The number of thiophene rings is 1. The Balaban J connectivity index is 2.26. The molecule has 0 fully saturated rings. The van der Waals surface area contributed by atoms with Crippen LogP contribution in [0.2, 0.25) is 0 Å².